The molecular formula is C29H24Cl2NO5+. The molecule has 0 amide bonds. The number of halogens is 2. The lowest BCUT2D eigenvalue weighted by Gasteiger charge is -2.34. The van der Waals surface area contributed by atoms with Gasteiger partial charge in [0.1, 0.15) is 6.04 Å². The summed E-state index contributed by atoms with van der Waals surface area (Å²) in [6, 6.07) is 19.5. The van der Waals surface area contributed by atoms with Crippen LogP contribution in [-0.4, -0.2) is 38.0 Å². The Hall–Kier alpha value is -3.45. The summed E-state index contributed by atoms with van der Waals surface area (Å²) in [5, 5.41) is 0.582. The van der Waals surface area contributed by atoms with Crippen LogP contribution in [0.25, 0.3) is 6.08 Å². The Morgan fingerprint density at radius 3 is 2.16 bits per heavy atom. The number of hydrogen-bond acceptors (Lipinski definition) is 5. The largest absolute Gasteiger partial charge is 0.468 e. The number of Topliss-reactive ketones (excluding diaryl/α,β-unsaturated/α-hetero) is 1. The summed E-state index contributed by atoms with van der Waals surface area (Å²) < 4.78 is 10.6. The van der Waals surface area contributed by atoms with E-state index in [-0.39, 0.29) is 16.4 Å². The molecule has 3 aromatic carbocycles. The summed E-state index contributed by atoms with van der Waals surface area (Å²) in [5.41, 5.74) is 0.614. The summed E-state index contributed by atoms with van der Waals surface area (Å²) in [4.78, 5) is 42.7. The molecule has 1 fully saturated rings. The van der Waals surface area contributed by atoms with Crippen molar-refractivity contribution in [2.75, 3.05) is 14.2 Å². The van der Waals surface area contributed by atoms with Crippen LogP contribution in [0, 0.1) is 5.41 Å². The quantitative estimate of drug-likeness (QED) is 0.299. The third-order valence-corrected chi connectivity index (χ3v) is 7.97. The van der Waals surface area contributed by atoms with E-state index in [9.17, 15) is 14.4 Å². The second kappa shape index (κ2) is 9.78. The normalized spacial score (nSPS) is 23.0. The lowest BCUT2D eigenvalue weighted by molar-refractivity contribution is -0.885. The zero-order valence-electron chi connectivity index (χ0n) is 20.1. The maximum Gasteiger partial charge on any atom is 0.330 e. The Balaban J connectivity index is 1.85. The van der Waals surface area contributed by atoms with E-state index in [0.717, 1.165) is 11.1 Å². The van der Waals surface area contributed by atoms with Gasteiger partial charge in [0.25, 0.3) is 0 Å². The van der Waals surface area contributed by atoms with E-state index in [2.05, 4.69) is 0 Å². The summed E-state index contributed by atoms with van der Waals surface area (Å²) >= 11 is 12.6. The number of esters is 2. The third-order valence-electron chi connectivity index (χ3n) is 7.42. The number of hydrogen-bond donors (Lipinski definition) is 1. The van der Waals surface area contributed by atoms with Crippen molar-refractivity contribution in [2.24, 2.45) is 5.41 Å². The predicted octanol–water partition coefficient (Wildman–Crippen LogP) is 4.29. The minimum atomic E-state index is -1.86. The van der Waals surface area contributed by atoms with Crippen LogP contribution in [-0.2, 0) is 19.1 Å². The van der Waals surface area contributed by atoms with Crippen LogP contribution < -0.4 is 4.90 Å². The number of fused-ring (bicyclic) bond motifs is 3. The van der Waals surface area contributed by atoms with Crippen LogP contribution in [0.5, 0.6) is 0 Å². The van der Waals surface area contributed by atoms with E-state index in [0.29, 0.717) is 15.5 Å². The van der Waals surface area contributed by atoms with E-state index in [1.165, 1.54) is 20.3 Å². The van der Waals surface area contributed by atoms with Gasteiger partial charge in [-0.25, -0.2) is 0 Å². The van der Waals surface area contributed by atoms with Crippen molar-refractivity contribution in [3.8, 4) is 0 Å². The fourth-order valence-electron chi connectivity index (χ4n) is 6.00. The van der Waals surface area contributed by atoms with Crippen molar-refractivity contribution >= 4 is 47.0 Å². The molecule has 3 aromatic rings. The molecule has 1 unspecified atom stereocenters. The smallest absolute Gasteiger partial charge is 0.330 e. The Kier molecular flexibility index (Phi) is 6.67. The maximum atomic E-state index is 14.4. The molecule has 1 N–H and O–H groups in total. The van der Waals surface area contributed by atoms with Crippen molar-refractivity contribution in [1.29, 1.82) is 0 Å². The van der Waals surface area contributed by atoms with E-state index in [1.54, 1.807) is 12.1 Å². The number of carbonyl (C=O) groups is 3. The zero-order valence-corrected chi connectivity index (χ0v) is 21.6. The molecular weight excluding hydrogens is 513 g/mol. The molecule has 0 aromatic heterocycles. The van der Waals surface area contributed by atoms with E-state index in [4.69, 9.17) is 32.7 Å². The fraction of sp³-hybridized carbons (Fsp3) is 0.207. The highest BCUT2D eigenvalue weighted by molar-refractivity contribution is 6.37. The molecule has 0 radical (unpaired) electrons. The first-order valence-corrected chi connectivity index (χ1v) is 12.5. The van der Waals surface area contributed by atoms with E-state index < -0.39 is 35.4 Å². The van der Waals surface area contributed by atoms with Gasteiger partial charge < -0.3 is 9.47 Å². The van der Waals surface area contributed by atoms with Gasteiger partial charge in [0.2, 0.25) is 11.2 Å². The van der Waals surface area contributed by atoms with Crippen molar-refractivity contribution in [1.82, 2.24) is 0 Å². The second-order valence-corrected chi connectivity index (χ2v) is 9.95. The van der Waals surface area contributed by atoms with Gasteiger partial charge in [-0.15, -0.1) is 0 Å². The van der Waals surface area contributed by atoms with Gasteiger partial charge >= 0.3 is 11.9 Å². The Labute approximate surface area is 224 Å². The van der Waals surface area contributed by atoms with Crippen molar-refractivity contribution in [3.05, 3.63) is 111 Å². The molecule has 2 aliphatic rings. The summed E-state index contributed by atoms with van der Waals surface area (Å²) in [6.45, 7) is 0. The average molecular weight is 537 g/mol. The topological polar surface area (TPSA) is 74.1 Å². The summed E-state index contributed by atoms with van der Waals surface area (Å²) in [6.07, 6.45) is 3.74. The molecule has 0 saturated carbocycles. The molecule has 1 saturated heterocycles. The third kappa shape index (κ3) is 3.79. The van der Waals surface area contributed by atoms with Gasteiger partial charge in [-0.1, -0.05) is 77.8 Å². The molecule has 188 valence electrons. The number of benzene rings is 3. The highest BCUT2D eigenvalue weighted by Crippen LogP contribution is 2.54. The molecule has 6 nitrogen and oxygen atoms in total. The first-order valence-electron chi connectivity index (χ1n) is 11.7. The fourth-order valence-corrected chi connectivity index (χ4v) is 6.50. The second-order valence-electron chi connectivity index (χ2n) is 9.10. The lowest BCUT2D eigenvalue weighted by Crippen LogP contribution is -3.12. The maximum absolute atomic E-state index is 14.4. The van der Waals surface area contributed by atoms with E-state index >= 15 is 0 Å². The van der Waals surface area contributed by atoms with Crippen molar-refractivity contribution < 1.29 is 28.8 Å². The molecule has 0 aliphatic carbocycles. The number of ether oxygens (including phenoxy) is 2. The average Bonchev–Trinajstić information content (AvgIpc) is 3.24. The highest BCUT2D eigenvalue weighted by atomic mass is 35.5. The van der Waals surface area contributed by atoms with Gasteiger partial charge in [0.15, 0.2) is 6.04 Å². The van der Waals surface area contributed by atoms with Gasteiger partial charge in [0, 0.05) is 16.1 Å². The summed E-state index contributed by atoms with van der Waals surface area (Å²) in [5.74, 6) is -2.78. The van der Waals surface area contributed by atoms with Gasteiger partial charge in [-0.3, -0.25) is 19.3 Å². The molecule has 5 rings (SSSR count). The molecule has 4 atom stereocenters. The minimum absolute atomic E-state index is 0.190. The van der Waals surface area contributed by atoms with Crippen molar-refractivity contribution in [3.63, 3.8) is 0 Å². The van der Waals surface area contributed by atoms with Crippen LogP contribution in [0.2, 0.25) is 10.0 Å². The molecule has 2 heterocycles. The van der Waals surface area contributed by atoms with Gasteiger partial charge in [-0.05, 0) is 35.4 Å². The van der Waals surface area contributed by atoms with Gasteiger partial charge in [-0.2, -0.15) is 0 Å². The first-order chi connectivity index (χ1) is 17.9. The number of quaternary nitrogens is 1. The number of ketones is 1. The molecule has 0 spiro atoms. The first kappa shape index (κ1) is 25.2. The number of methoxy groups -OCH3 is 2. The predicted molar refractivity (Wildman–Crippen MR) is 139 cm³/mol. The zero-order chi connectivity index (χ0) is 26.3. The number of carbonyl (C=O) groups excluding carboxylic acids is 3. The lowest BCUT2D eigenvalue weighted by atomic mass is 9.65. The minimum Gasteiger partial charge on any atom is -0.468 e. The Morgan fingerprint density at radius 2 is 1.51 bits per heavy atom. The molecule has 2 aliphatic heterocycles. The van der Waals surface area contributed by atoms with Crippen LogP contribution in [0.15, 0.2) is 79.0 Å². The van der Waals surface area contributed by atoms with E-state index in [1.807, 2.05) is 66.9 Å². The molecule has 8 heteroatoms. The number of nitrogens with one attached hydrogen (secondary N) is 1. The number of rotatable bonds is 5. The van der Waals surface area contributed by atoms with Crippen LogP contribution in [0.4, 0.5) is 0 Å². The van der Waals surface area contributed by atoms with Gasteiger partial charge in [0.05, 0.1) is 31.4 Å². The Bertz CT molecular complexity index is 1400. The Morgan fingerprint density at radius 1 is 0.865 bits per heavy atom. The summed E-state index contributed by atoms with van der Waals surface area (Å²) in [7, 11) is 2.48. The van der Waals surface area contributed by atoms with Crippen LogP contribution in [0.1, 0.15) is 39.0 Å². The van der Waals surface area contributed by atoms with Crippen molar-refractivity contribution in [2.45, 2.75) is 18.0 Å². The molecule has 0 bridgehead atoms. The SMILES string of the molecule is COC(=O)C1(C(=O)OC)[C@H](c2ccccc2)[C@@H](C(=O)c2ccc(Cl)cc2Cl)[NH+]2C=Cc3ccccc3[C@@H]21. The van der Waals surface area contributed by atoms with Crippen LogP contribution >= 0.6 is 23.2 Å². The molecule has 37 heavy (non-hydrogen) atoms. The monoisotopic (exact) mass is 536 g/mol. The standard InChI is InChI=1S/C29H23Cl2NO5/c1-36-27(34)29(28(35)37-2)23(18-9-4-3-5-10-18)24(25(33)21-13-12-19(30)16-22(21)31)32-15-14-17-8-6-7-11-20(17)26(29)32/h3-16,23-24,26H,1-2H3/p+1/t23-,24+,26-/m1/s1. The highest BCUT2D eigenvalue weighted by Gasteiger charge is 2.75. The van der Waals surface area contributed by atoms with Crippen LogP contribution in [0.3, 0.4) is 0 Å².